The van der Waals surface area contributed by atoms with Gasteiger partial charge in [-0.3, -0.25) is 9.59 Å². The van der Waals surface area contributed by atoms with Gasteiger partial charge >= 0.3 is 23.9 Å². The van der Waals surface area contributed by atoms with Gasteiger partial charge in [0.05, 0.1) is 12.1 Å². The first kappa shape index (κ1) is 19.9. The molecule has 32 heavy (non-hydrogen) atoms. The molecule has 0 spiro atoms. The van der Waals surface area contributed by atoms with Crippen LogP contribution in [0.15, 0.2) is 48.5 Å². The highest BCUT2D eigenvalue weighted by atomic mass is 35.5. The number of hydrazine groups is 1. The second-order valence-electron chi connectivity index (χ2n) is 8.17. The van der Waals surface area contributed by atoms with Gasteiger partial charge in [-0.05, 0) is 35.4 Å². The van der Waals surface area contributed by atoms with Crippen molar-refractivity contribution in [2.45, 2.75) is 24.2 Å². The van der Waals surface area contributed by atoms with E-state index >= 15 is 0 Å². The quantitative estimate of drug-likeness (QED) is 0.485. The maximum atomic E-state index is 12.8. The van der Waals surface area contributed by atoms with Gasteiger partial charge in [0.1, 0.15) is 23.9 Å². The number of nitrogens with zero attached hydrogens (tertiary/aromatic N) is 2. The normalized spacial score (nSPS) is 33.8. The molecule has 4 aliphatic rings. The van der Waals surface area contributed by atoms with E-state index in [2.05, 4.69) is 0 Å². The molecule has 0 N–H and O–H groups in total. The van der Waals surface area contributed by atoms with Crippen LogP contribution in [-0.4, -0.2) is 46.0 Å². The lowest BCUT2D eigenvalue weighted by Crippen LogP contribution is -2.45. The largest absolute Gasteiger partial charge is 0.392 e. The molecule has 4 aliphatic heterocycles. The molecule has 4 heterocycles. The molecule has 8 nitrogen and oxygen atoms in total. The van der Waals surface area contributed by atoms with Crippen LogP contribution in [0.1, 0.15) is 23.2 Å². The minimum absolute atomic E-state index is 0.499. The molecule has 162 valence electrons. The van der Waals surface area contributed by atoms with E-state index in [-0.39, 0.29) is 0 Å². The summed E-state index contributed by atoms with van der Waals surface area (Å²) in [6, 6.07) is 10.2. The van der Waals surface area contributed by atoms with E-state index in [0.29, 0.717) is 21.2 Å². The predicted molar refractivity (Wildman–Crippen MR) is 109 cm³/mol. The van der Waals surface area contributed by atoms with Crippen LogP contribution in [-0.2, 0) is 28.7 Å². The molecule has 4 fully saturated rings. The summed E-state index contributed by atoms with van der Waals surface area (Å²) in [5.41, 5.74) is 1.34. The van der Waals surface area contributed by atoms with Crippen LogP contribution in [0.2, 0.25) is 10.0 Å². The summed E-state index contributed by atoms with van der Waals surface area (Å²) in [6.07, 6.45) is 0. The third-order valence-electron chi connectivity index (χ3n) is 6.62. The average molecular weight is 473 g/mol. The van der Waals surface area contributed by atoms with Gasteiger partial charge in [-0.1, -0.05) is 47.5 Å². The maximum Gasteiger partial charge on any atom is 0.333 e. The highest BCUT2D eigenvalue weighted by Crippen LogP contribution is 2.58. The maximum absolute atomic E-state index is 12.8. The Labute approximate surface area is 191 Å². The third-order valence-corrected chi connectivity index (χ3v) is 7.12. The number of ether oxygens (including phenoxy) is 2. The first-order valence-corrected chi connectivity index (χ1v) is 10.7. The Hall–Kier alpha value is -2.78. The zero-order chi connectivity index (χ0) is 22.3. The fraction of sp³-hybridized carbons (Fsp3) is 0.273. The summed E-state index contributed by atoms with van der Waals surface area (Å²) in [6.45, 7) is 0. The van der Waals surface area contributed by atoms with E-state index in [1.165, 1.54) is 0 Å². The monoisotopic (exact) mass is 472 g/mol. The van der Waals surface area contributed by atoms with Gasteiger partial charge in [0.2, 0.25) is 0 Å². The van der Waals surface area contributed by atoms with Crippen molar-refractivity contribution >= 4 is 47.1 Å². The van der Waals surface area contributed by atoms with Gasteiger partial charge in [0.15, 0.2) is 0 Å². The van der Waals surface area contributed by atoms with Crippen LogP contribution in [0.25, 0.3) is 0 Å². The van der Waals surface area contributed by atoms with Crippen molar-refractivity contribution in [1.29, 1.82) is 0 Å². The molecule has 4 saturated heterocycles. The molecule has 2 aromatic carbocycles. The lowest BCUT2D eigenvalue weighted by atomic mass is 9.84. The van der Waals surface area contributed by atoms with Crippen LogP contribution in [0.5, 0.6) is 0 Å². The molecule has 6 atom stereocenters. The van der Waals surface area contributed by atoms with Crippen molar-refractivity contribution in [3.05, 3.63) is 69.7 Å². The smallest absolute Gasteiger partial charge is 0.333 e. The van der Waals surface area contributed by atoms with Crippen LogP contribution >= 0.6 is 23.2 Å². The van der Waals surface area contributed by atoms with Crippen LogP contribution in [0.3, 0.4) is 0 Å². The number of carbonyl (C=O) groups excluding carboxylic acids is 4. The Morgan fingerprint density at radius 2 is 0.875 bits per heavy atom. The van der Waals surface area contributed by atoms with Crippen LogP contribution in [0, 0.1) is 11.8 Å². The molecule has 0 aliphatic carbocycles. The Morgan fingerprint density at radius 1 is 0.531 bits per heavy atom. The van der Waals surface area contributed by atoms with E-state index in [4.69, 9.17) is 32.7 Å². The summed E-state index contributed by atoms with van der Waals surface area (Å²) in [5, 5.41) is 4.32. The summed E-state index contributed by atoms with van der Waals surface area (Å²) in [4.78, 5) is 51.1. The van der Waals surface area contributed by atoms with Crippen LogP contribution in [0.4, 0.5) is 0 Å². The van der Waals surface area contributed by atoms with E-state index < -0.39 is 59.9 Å². The predicted octanol–water partition coefficient (Wildman–Crippen LogP) is 2.46. The number of cyclic esters (lactones) is 4. The summed E-state index contributed by atoms with van der Waals surface area (Å²) >= 11 is 12.1. The summed E-state index contributed by atoms with van der Waals surface area (Å²) in [5.74, 6) is -4.50. The van der Waals surface area contributed by atoms with Crippen molar-refractivity contribution in [3.8, 4) is 0 Å². The van der Waals surface area contributed by atoms with E-state index in [1.807, 2.05) is 0 Å². The standard InChI is InChI=1S/C22H14Cl2N2O6/c23-11-5-1-9(2-6-11)15-13-17(21(29)31-19(13)27)26-16(10-3-7-12(24)8-4-10)14-18(25(15)26)22(30)32-20(14)28/h1-8,13-18H/t13-,14+,15+,16-,17-,18+. The Morgan fingerprint density at radius 3 is 1.22 bits per heavy atom. The fourth-order valence-corrected chi connectivity index (χ4v) is 5.70. The van der Waals surface area contributed by atoms with Crippen molar-refractivity contribution in [3.63, 3.8) is 0 Å². The number of rotatable bonds is 2. The van der Waals surface area contributed by atoms with Crippen molar-refractivity contribution < 1.29 is 28.7 Å². The van der Waals surface area contributed by atoms with E-state index in [9.17, 15) is 19.2 Å². The second-order valence-corrected chi connectivity index (χ2v) is 9.05. The Balaban J connectivity index is 1.56. The SMILES string of the molecule is O=C1OC(=O)[C@@H]2[C@@H]1[C@@H](c1ccc(Cl)cc1)N1[C@H]3C(=O)OC(=O)[C@@H]3[C@H](c3ccc(Cl)cc3)N21. The van der Waals surface area contributed by atoms with E-state index in [0.717, 1.165) is 0 Å². The molecule has 0 aromatic heterocycles. The Bertz CT molecular complexity index is 1090. The first-order valence-electron chi connectivity index (χ1n) is 9.95. The number of halogens is 2. The summed E-state index contributed by atoms with van der Waals surface area (Å²) < 4.78 is 9.99. The van der Waals surface area contributed by atoms with Gasteiger partial charge in [0, 0.05) is 10.0 Å². The van der Waals surface area contributed by atoms with Crippen LogP contribution < -0.4 is 0 Å². The molecule has 0 saturated carbocycles. The van der Waals surface area contributed by atoms with E-state index in [1.54, 1.807) is 58.5 Å². The van der Waals surface area contributed by atoms with Gasteiger partial charge in [-0.25, -0.2) is 19.6 Å². The topological polar surface area (TPSA) is 93.2 Å². The molecule has 0 amide bonds. The number of benzene rings is 2. The molecule has 6 rings (SSSR count). The highest BCUT2D eigenvalue weighted by Gasteiger charge is 2.72. The number of hydrogen-bond acceptors (Lipinski definition) is 8. The second kappa shape index (κ2) is 6.86. The number of hydrogen-bond donors (Lipinski definition) is 0. The zero-order valence-corrected chi connectivity index (χ0v) is 17.7. The molecular formula is C22H14Cl2N2O6. The van der Waals surface area contributed by atoms with Gasteiger partial charge in [-0.2, -0.15) is 0 Å². The Kier molecular flexibility index (Phi) is 4.26. The zero-order valence-electron chi connectivity index (χ0n) is 16.2. The number of carbonyl (C=O) groups is 4. The minimum Gasteiger partial charge on any atom is -0.392 e. The lowest BCUT2D eigenvalue weighted by Gasteiger charge is -2.33. The molecule has 2 aromatic rings. The number of fused-ring (bicyclic) bond motifs is 5. The summed E-state index contributed by atoms with van der Waals surface area (Å²) in [7, 11) is 0. The van der Waals surface area contributed by atoms with Crippen molar-refractivity contribution in [1.82, 2.24) is 10.0 Å². The molecule has 0 unspecified atom stereocenters. The third kappa shape index (κ3) is 2.58. The minimum atomic E-state index is -0.977. The lowest BCUT2D eigenvalue weighted by molar-refractivity contribution is -0.167. The van der Waals surface area contributed by atoms with Gasteiger partial charge < -0.3 is 9.47 Å². The van der Waals surface area contributed by atoms with Crippen molar-refractivity contribution in [2.75, 3.05) is 0 Å². The average Bonchev–Trinajstić information content (AvgIpc) is 3.43. The molecule has 0 radical (unpaired) electrons. The fourth-order valence-electron chi connectivity index (χ4n) is 5.44. The molecular weight excluding hydrogens is 459 g/mol. The molecule has 10 heteroatoms. The number of esters is 4. The highest BCUT2D eigenvalue weighted by molar-refractivity contribution is 6.30. The van der Waals surface area contributed by atoms with Crippen molar-refractivity contribution in [2.24, 2.45) is 11.8 Å². The molecule has 0 bridgehead atoms. The first-order chi connectivity index (χ1) is 15.4. The van der Waals surface area contributed by atoms with Gasteiger partial charge in [0.25, 0.3) is 0 Å². The van der Waals surface area contributed by atoms with Gasteiger partial charge in [-0.15, -0.1) is 0 Å².